The number of hydrogen-bond acceptors (Lipinski definition) is 13. The van der Waals surface area contributed by atoms with Crippen molar-refractivity contribution in [1.82, 2.24) is 49.7 Å². The lowest BCUT2D eigenvalue weighted by molar-refractivity contribution is -0.139. The molecule has 4 heterocycles. The number of nitrogens with one attached hydrogen (secondary N) is 4. The lowest BCUT2D eigenvalue weighted by Crippen LogP contribution is -2.61. The van der Waals surface area contributed by atoms with Crippen LogP contribution in [-0.4, -0.2) is 141 Å². The lowest BCUT2D eigenvalue weighted by atomic mass is 10.0. The van der Waals surface area contributed by atoms with Crippen molar-refractivity contribution in [3.8, 4) is 11.3 Å². The van der Waals surface area contributed by atoms with Gasteiger partial charge in [0.25, 0.3) is 0 Å². The van der Waals surface area contributed by atoms with E-state index in [2.05, 4.69) is 40.3 Å². The van der Waals surface area contributed by atoms with Gasteiger partial charge in [-0.3, -0.25) is 37.7 Å². The highest BCUT2D eigenvalue weighted by molar-refractivity contribution is 7.46. The number of likely N-dealkylation sites (tertiary alicyclic amines) is 1. The Morgan fingerprint density at radius 3 is 2.23 bits per heavy atom. The van der Waals surface area contributed by atoms with E-state index in [0.717, 1.165) is 53.5 Å². The largest absolute Gasteiger partial charge is 0.469 e. The van der Waals surface area contributed by atoms with Crippen LogP contribution in [0.2, 0.25) is 0 Å². The molecule has 0 bridgehead atoms. The molecule has 6 rings (SSSR count). The van der Waals surface area contributed by atoms with E-state index in [1.54, 1.807) is 12.5 Å². The Hall–Kier alpha value is -6.98. The number of para-hydroxylation sites is 2. The summed E-state index contributed by atoms with van der Waals surface area (Å²) in [5.41, 5.74) is 10.4. The van der Waals surface area contributed by atoms with E-state index >= 15 is 0 Å². The molecular weight excluding hydrogens is 980 g/mol. The van der Waals surface area contributed by atoms with Crippen molar-refractivity contribution in [2.45, 2.75) is 122 Å². The van der Waals surface area contributed by atoms with Crippen molar-refractivity contribution in [1.29, 1.82) is 0 Å². The molecule has 3 aromatic heterocycles. The maximum absolute atomic E-state index is 14.2. The number of benzene rings is 2. The summed E-state index contributed by atoms with van der Waals surface area (Å²) in [6.07, 6.45) is 7.17. The van der Waals surface area contributed by atoms with Gasteiger partial charge in [-0.2, -0.15) is 0 Å². The third-order valence-electron chi connectivity index (χ3n) is 12.7. The first-order valence-corrected chi connectivity index (χ1v) is 26.1. The van der Waals surface area contributed by atoms with Crippen molar-refractivity contribution in [2.24, 2.45) is 23.9 Å². The van der Waals surface area contributed by atoms with Gasteiger partial charge in [0.2, 0.25) is 41.2 Å². The molecule has 0 radical (unpaired) electrons. The normalized spacial score (nSPS) is 16.0. The number of phosphoric acid groups is 1. The highest BCUT2D eigenvalue weighted by Gasteiger charge is 2.37. The van der Waals surface area contributed by atoms with Gasteiger partial charge in [-0.05, 0) is 63.5 Å². The minimum atomic E-state index is -5.14. The smallest absolute Gasteiger partial charge is 0.396 e. The molecule has 74 heavy (non-hydrogen) atoms. The molecule has 0 unspecified atom stereocenters. The number of amides is 6. The molecular formula is C49H67N12O12P. The monoisotopic (exact) mass is 1050 g/mol. The maximum Gasteiger partial charge on any atom is 0.469 e. The predicted octanol–water partition coefficient (Wildman–Crippen LogP) is 1.81. The molecule has 1 saturated heterocycles. The van der Waals surface area contributed by atoms with Crippen LogP contribution in [0.25, 0.3) is 28.1 Å². The molecule has 1 aliphatic heterocycles. The first-order valence-electron chi connectivity index (χ1n) is 24.6. The summed E-state index contributed by atoms with van der Waals surface area (Å²) in [6, 6.07) is 11.0. The fraction of sp³-hybridized carbons (Fsp3) is 0.490. The number of unbranched alkanes of at least 4 members (excludes halogenated alkanes) is 3. The molecule has 5 aromatic rings. The number of aryl methyl sites for hydroxylation is 2. The minimum absolute atomic E-state index is 0.110. The first kappa shape index (κ1) is 56.3. The summed E-state index contributed by atoms with van der Waals surface area (Å²) in [6.45, 7) is 6.35. The van der Waals surface area contributed by atoms with Crippen LogP contribution in [0.5, 0.6) is 0 Å². The van der Waals surface area contributed by atoms with Gasteiger partial charge in [-0.25, -0.2) is 14.5 Å². The van der Waals surface area contributed by atoms with Crippen molar-refractivity contribution in [3.63, 3.8) is 0 Å². The molecule has 2 aromatic carbocycles. The van der Waals surface area contributed by atoms with Gasteiger partial charge >= 0.3 is 7.82 Å². The van der Waals surface area contributed by atoms with Gasteiger partial charge in [0.15, 0.2) is 0 Å². The van der Waals surface area contributed by atoms with E-state index in [1.807, 2.05) is 84.6 Å². The number of hydrogen-bond donors (Lipinski definition) is 8. The highest BCUT2D eigenvalue weighted by atomic mass is 31.2. The molecule has 0 saturated carbocycles. The summed E-state index contributed by atoms with van der Waals surface area (Å²) < 4.78 is 21.9. The highest BCUT2D eigenvalue weighted by Crippen LogP contribution is 2.38. The summed E-state index contributed by atoms with van der Waals surface area (Å²) in [5.74, 6) is -4.21. The third kappa shape index (κ3) is 14.6. The number of oxime groups is 1. The maximum atomic E-state index is 14.2. The number of fused-ring (bicyclic) bond motifs is 3. The molecule has 400 valence electrons. The van der Waals surface area contributed by atoms with Gasteiger partial charge < -0.3 is 60.8 Å². The quantitative estimate of drug-likeness (QED) is 0.0161. The second kappa shape index (κ2) is 25.8. The first-order chi connectivity index (χ1) is 35.3. The Morgan fingerprint density at radius 1 is 0.892 bits per heavy atom. The molecule has 24 nitrogen and oxygen atoms in total. The van der Waals surface area contributed by atoms with Gasteiger partial charge in [0.1, 0.15) is 42.5 Å². The van der Waals surface area contributed by atoms with E-state index in [4.69, 9.17) is 15.6 Å². The molecule has 6 amide bonds. The van der Waals surface area contributed by atoms with Gasteiger partial charge in [0.05, 0.1) is 42.0 Å². The summed E-state index contributed by atoms with van der Waals surface area (Å²) in [4.78, 5) is 115. The van der Waals surface area contributed by atoms with Crippen LogP contribution in [0.4, 0.5) is 0 Å². The molecule has 1 fully saturated rings. The van der Waals surface area contributed by atoms with Gasteiger partial charge in [-0.1, -0.05) is 67.9 Å². The van der Waals surface area contributed by atoms with Gasteiger partial charge in [-0.15, -0.1) is 0 Å². The number of nitrogens with zero attached hydrogens (tertiary/aromatic N) is 7. The summed E-state index contributed by atoms with van der Waals surface area (Å²) in [5, 5.41) is 24.6. The van der Waals surface area contributed by atoms with E-state index in [9.17, 15) is 48.2 Å². The molecule has 1 aliphatic rings. The number of phosphoric ester groups is 1. The van der Waals surface area contributed by atoms with E-state index in [-0.39, 0.29) is 24.7 Å². The Bertz CT molecular complexity index is 2840. The standard InChI is InChI=1S/C49H67N12O12P/c1-30(2)24-35(54-48(68)40-20-15-22-60(40)32(4)63)45(65)53-36(46(66)55-37(28-62)47(67)56-42(44(50)64)31(3)73-74(69,70)71)25-34-26-51-29-59(34)21-13-6-7-14-23-72-52-27-41-43(33-16-9-8-10-17-33)57-49-58(5)38-18-11-12-19-39(38)61(41)49/h8-12,16-19,26-27,29-31,35-37,40,42,62H,6-7,13-15,20-25,28H2,1-5H3,(H2,50,64)(H,53,65)(H,54,68)(H,55,66)(H,56,67)(H2,69,70,71)/b52-27+/t31-,35+,36+,37+,40+,42+/m1/s1. The molecule has 0 aliphatic carbocycles. The summed E-state index contributed by atoms with van der Waals surface area (Å²) >= 11 is 0. The second-order valence-electron chi connectivity index (χ2n) is 18.7. The molecule has 9 N–H and O–H groups in total. The van der Waals surface area contributed by atoms with Crippen LogP contribution >= 0.6 is 7.82 Å². The van der Waals surface area contributed by atoms with Crippen LogP contribution in [0.15, 0.2) is 72.3 Å². The van der Waals surface area contributed by atoms with Crippen LogP contribution in [0.3, 0.4) is 0 Å². The van der Waals surface area contributed by atoms with Crippen molar-refractivity contribution < 1.29 is 57.6 Å². The van der Waals surface area contributed by atoms with Gasteiger partial charge in [0, 0.05) is 50.9 Å². The molecule has 0 spiro atoms. The van der Waals surface area contributed by atoms with Crippen molar-refractivity contribution in [2.75, 3.05) is 19.8 Å². The van der Waals surface area contributed by atoms with E-state index < -0.39 is 80.3 Å². The van der Waals surface area contributed by atoms with E-state index in [0.29, 0.717) is 51.1 Å². The number of nitrogens with two attached hydrogens (primary N) is 1. The Morgan fingerprint density at radius 2 is 1.55 bits per heavy atom. The van der Waals surface area contributed by atoms with Crippen LogP contribution in [0, 0.1) is 5.92 Å². The number of aliphatic hydroxyl groups excluding tert-OH is 1. The molecule has 25 heteroatoms. The summed E-state index contributed by atoms with van der Waals surface area (Å²) in [7, 11) is -3.16. The zero-order chi connectivity index (χ0) is 53.7. The van der Waals surface area contributed by atoms with Crippen molar-refractivity contribution >= 4 is 66.3 Å². The molecule has 6 atom stereocenters. The number of aliphatic hydroxyl groups is 1. The minimum Gasteiger partial charge on any atom is -0.396 e. The Balaban J connectivity index is 1.10. The third-order valence-corrected chi connectivity index (χ3v) is 13.3. The fourth-order valence-electron chi connectivity index (χ4n) is 9.01. The number of aromatic nitrogens is 5. The van der Waals surface area contributed by atoms with Crippen molar-refractivity contribution in [3.05, 3.63) is 78.5 Å². The average molecular weight is 1050 g/mol. The average Bonchev–Trinajstić information content (AvgIpc) is 4.16. The zero-order valence-electron chi connectivity index (χ0n) is 42.1. The fourth-order valence-corrected chi connectivity index (χ4v) is 9.57. The Labute approximate surface area is 427 Å². The Kier molecular flexibility index (Phi) is 19.6. The predicted molar refractivity (Wildman–Crippen MR) is 272 cm³/mol. The number of rotatable bonds is 27. The number of primary amides is 1. The topological polar surface area (TPSA) is 328 Å². The van der Waals surface area contributed by atoms with Crippen LogP contribution < -0.4 is 27.0 Å². The SMILES string of the molecule is CC(=O)N1CCC[C@H]1C(=O)N[C@@H](CC(C)C)C(=O)N[C@@H](Cc1cncn1CCCCCCO/N=C/c1c(-c2ccccc2)nc2n(C)c3ccccc3n12)C(=O)N[C@@H](CO)C(=O)N[C@H](C(N)=O)[C@@H](C)OP(=O)(O)O. The van der Waals surface area contributed by atoms with Crippen LogP contribution in [-0.2, 0) is 62.7 Å². The van der Waals surface area contributed by atoms with E-state index in [1.165, 1.54) is 18.0 Å². The van der Waals surface area contributed by atoms with Crippen LogP contribution in [0.1, 0.15) is 84.0 Å². The zero-order valence-corrected chi connectivity index (χ0v) is 43.0. The number of imidazole rings is 3. The lowest BCUT2D eigenvalue weighted by Gasteiger charge is -2.28. The second-order valence-corrected chi connectivity index (χ2v) is 19.9. The number of carbonyl (C=O) groups is 6. The number of carbonyl (C=O) groups excluding carboxylic acids is 6.